The number of rotatable bonds is 4. The summed E-state index contributed by atoms with van der Waals surface area (Å²) in [6.45, 7) is 10.8. The van der Waals surface area contributed by atoms with E-state index in [1.807, 2.05) is 13.8 Å². The maximum absolute atomic E-state index is 11.8. The van der Waals surface area contributed by atoms with Crippen molar-refractivity contribution < 1.29 is 14.5 Å². The van der Waals surface area contributed by atoms with E-state index < -0.39 is 0 Å². The minimum Gasteiger partial charge on any atom is -0.335 e. The number of urea groups is 1. The van der Waals surface area contributed by atoms with E-state index in [0.29, 0.717) is 18.4 Å². The van der Waals surface area contributed by atoms with Gasteiger partial charge < -0.3 is 10.2 Å². The number of hydrogen-bond donors (Lipinski definition) is 3. The number of quaternary nitrogens is 1. The lowest BCUT2D eigenvalue weighted by Crippen LogP contribution is -3.15. The summed E-state index contributed by atoms with van der Waals surface area (Å²) in [4.78, 5) is 24.6. The summed E-state index contributed by atoms with van der Waals surface area (Å²) in [5.41, 5.74) is 0. The zero-order valence-corrected chi connectivity index (χ0v) is 12.6. The monoisotopic (exact) mass is 270 g/mol. The van der Waals surface area contributed by atoms with Crippen molar-refractivity contribution in [2.24, 2.45) is 11.8 Å². The van der Waals surface area contributed by atoms with E-state index in [0.717, 1.165) is 19.5 Å². The van der Waals surface area contributed by atoms with Crippen molar-refractivity contribution in [3.63, 3.8) is 0 Å². The molecule has 4 atom stereocenters. The standard InChI is InChI=1S/C14H27N3O2/c1-5-12(4)15-14(19)16-13(18)9-17-7-10(2)6-11(3)8-17/h10-12H,5-9H2,1-4H3,(H2,15,16,18,19)/p+1/t10-,11+,12-/m1/s1. The van der Waals surface area contributed by atoms with Gasteiger partial charge in [-0.1, -0.05) is 20.8 Å². The Balaban J connectivity index is 2.32. The second kappa shape index (κ2) is 7.48. The molecule has 1 heterocycles. The molecule has 1 unspecified atom stereocenters. The Bertz CT molecular complexity index is 310. The molecule has 1 rings (SSSR count). The molecule has 0 bridgehead atoms. The first-order valence-electron chi connectivity index (χ1n) is 7.34. The van der Waals surface area contributed by atoms with Crippen LogP contribution in [0.2, 0.25) is 0 Å². The zero-order chi connectivity index (χ0) is 14.4. The summed E-state index contributed by atoms with van der Waals surface area (Å²) in [6, 6.07) is -0.285. The minimum atomic E-state index is -0.378. The van der Waals surface area contributed by atoms with Crippen LogP contribution in [0.4, 0.5) is 4.79 Å². The lowest BCUT2D eigenvalue weighted by molar-refractivity contribution is -0.904. The molecule has 110 valence electrons. The number of amides is 3. The van der Waals surface area contributed by atoms with Crippen molar-refractivity contribution >= 4 is 11.9 Å². The molecule has 1 saturated heterocycles. The van der Waals surface area contributed by atoms with Gasteiger partial charge in [-0.2, -0.15) is 0 Å². The number of imide groups is 1. The van der Waals surface area contributed by atoms with Crippen molar-refractivity contribution in [2.75, 3.05) is 19.6 Å². The molecule has 19 heavy (non-hydrogen) atoms. The smallest absolute Gasteiger partial charge is 0.321 e. The van der Waals surface area contributed by atoms with Crippen LogP contribution in [0.3, 0.4) is 0 Å². The number of carbonyl (C=O) groups excluding carboxylic acids is 2. The maximum Gasteiger partial charge on any atom is 0.321 e. The third-order valence-electron chi connectivity index (χ3n) is 3.73. The average molecular weight is 270 g/mol. The van der Waals surface area contributed by atoms with Gasteiger partial charge in [0, 0.05) is 17.9 Å². The summed E-state index contributed by atoms with van der Waals surface area (Å²) in [5.74, 6) is 1.12. The number of piperidine rings is 1. The van der Waals surface area contributed by atoms with Crippen LogP contribution in [-0.2, 0) is 4.79 Å². The molecule has 5 nitrogen and oxygen atoms in total. The van der Waals surface area contributed by atoms with E-state index in [1.165, 1.54) is 11.3 Å². The number of nitrogens with one attached hydrogen (secondary N) is 3. The van der Waals surface area contributed by atoms with Gasteiger partial charge in [-0.25, -0.2) is 4.79 Å². The van der Waals surface area contributed by atoms with Crippen LogP contribution in [0.5, 0.6) is 0 Å². The first-order chi connectivity index (χ1) is 8.90. The van der Waals surface area contributed by atoms with Crippen LogP contribution in [0, 0.1) is 11.8 Å². The fraction of sp³-hybridized carbons (Fsp3) is 0.857. The average Bonchev–Trinajstić information content (AvgIpc) is 2.26. The van der Waals surface area contributed by atoms with Gasteiger partial charge in [-0.15, -0.1) is 0 Å². The van der Waals surface area contributed by atoms with Crippen molar-refractivity contribution in [1.82, 2.24) is 10.6 Å². The maximum atomic E-state index is 11.8. The molecule has 1 aliphatic rings. The molecule has 0 aliphatic carbocycles. The molecule has 5 heteroatoms. The van der Waals surface area contributed by atoms with E-state index in [-0.39, 0.29) is 18.0 Å². The third kappa shape index (κ3) is 6.05. The fourth-order valence-electron chi connectivity index (χ4n) is 2.83. The van der Waals surface area contributed by atoms with Crippen LogP contribution in [0.25, 0.3) is 0 Å². The SMILES string of the molecule is CC[C@@H](C)NC(=O)NC(=O)C[NH+]1C[C@H](C)C[C@H](C)C1. The van der Waals surface area contributed by atoms with Crippen LogP contribution >= 0.6 is 0 Å². The van der Waals surface area contributed by atoms with E-state index in [9.17, 15) is 9.59 Å². The van der Waals surface area contributed by atoms with Gasteiger partial charge in [-0.3, -0.25) is 10.1 Å². The molecule has 0 radical (unpaired) electrons. The lowest BCUT2D eigenvalue weighted by Gasteiger charge is -2.31. The topological polar surface area (TPSA) is 62.6 Å². The highest BCUT2D eigenvalue weighted by Gasteiger charge is 2.27. The molecule has 0 aromatic carbocycles. The summed E-state index contributed by atoms with van der Waals surface area (Å²) >= 11 is 0. The Labute approximate surface area is 116 Å². The Morgan fingerprint density at radius 2 is 1.84 bits per heavy atom. The number of carbonyl (C=O) groups is 2. The highest BCUT2D eigenvalue weighted by Crippen LogP contribution is 2.11. The normalized spacial score (nSPS) is 28.5. The zero-order valence-electron chi connectivity index (χ0n) is 12.6. The van der Waals surface area contributed by atoms with Gasteiger partial charge in [0.1, 0.15) is 0 Å². The largest absolute Gasteiger partial charge is 0.335 e. The van der Waals surface area contributed by atoms with Gasteiger partial charge in [0.2, 0.25) is 0 Å². The number of likely N-dealkylation sites (tertiary alicyclic amines) is 1. The van der Waals surface area contributed by atoms with Gasteiger partial charge in [0.15, 0.2) is 6.54 Å². The van der Waals surface area contributed by atoms with E-state index >= 15 is 0 Å². The minimum absolute atomic E-state index is 0.0928. The quantitative estimate of drug-likeness (QED) is 0.682. The second-order valence-corrected chi connectivity index (χ2v) is 6.11. The van der Waals surface area contributed by atoms with E-state index in [2.05, 4.69) is 24.5 Å². The Kier molecular flexibility index (Phi) is 6.28. The van der Waals surface area contributed by atoms with Crippen LogP contribution in [0.1, 0.15) is 40.5 Å². The lowest BCUT2D eigenvalue weighted by atomic mass is 9.92. The fourth-order valence-corrected chi connectivity index (χ4v) is 2.83. The summed E-state index contributed by atoms with van der Waals surface area (Å²) in [7, 11) is 0. The molecular weight excluding hydrogens is 242 g/mol. The van der Waals surface area contributed by atoms with Gasteiger partial charge in [0.05, 0.1) is 13.1 Å². The predicted molar refractivity (Wildman–Crippen MR) is 74.9 cm³/mol. The summed E-state index contributed by atoms with van der Waals surface area (Å²) in [5, 5.41) is 5.15. The van der Waals surface area contributed by atoms with E-state index in [4.69, 9.17) is 0 Å². The highest BCUT2D eigenvalue weighted by atomic mass is 16.2. The van der Waals surface area contributed by atoms with Crippen molar-refractivity contribution in [1.29, 1.82) is 0 Å². The number of hydrogen-bond acceptors (Lipinski definition) is 2. The molecule has 0 aromatic heterocycles. The van der Waals surface area contributed by atoms with Gasteiger partial charge >= 0.3 is 6.03 Å². The molecule has 0 spiro atoms. The predicted octanol–water partition coefficient (Wildman–Crippen LogP) is 0.172. The van der Waals surface area contributed by atoms with Crippen molar-refractivity contribution in [3.8, 4) is 0 Å². The Morgan fingerprint density at radius 3 is 2.37 bits per heavy atom. The first kappa shape index (κ1) is 16.0. The molecule has 0 aromatic rings. The Morgan fingerprint density at radius 1 is 1.26 bits per heavy atom. The van der Waals surface area contributed by atoms with Gasteiger partial charge in [-0.05, 0) is 19.8 Å². The molecule has 1 fully saturated rings. The van der Waals surface area contributed by atoms with Crippen LogP contribution < -0.4 is 15.5 Å². The summed E-state index contributed by atoms with van der Waals surface area (Å²) < 4.78 is 0. The van der Waals surface area contributed by atoms with Crippen molar-refractivity contribution in [2.45, 2.75) is 46.6 Å². The highest BCUT2D eigenvalue weighted by molar-refractivity contribution is 5.94. The van der Waals surface area contributed by atoms with Crippen LogP contribution in [-0.4, -0.2) is 37.6 Å². The molecule has 0 saturated carbocycles. The molecule has 3 amide bonds. The van der Waals surface area contributed by atoms with Crippen molar-refractivity contribution in [3.05, 3.63) is 0 Å². The molecule has 3 N–H and O–H groups in total. The van der Waals surface area contributed by atoms with Gasteiger partial charge in [0.25, 0.3) is 5.91 Å². The van der Waals surface area contributed by atoms with E-state index in [1.54, 1.807) is 0 Å². The second-order valence-electron chi connectivity index (χ2n) is 6.11. The summed E-state index contributed by atoms with van der Waals surface area (Å²) in [6.07, 6.45) is 2.09. The third-order valence-corrected chi connectivity index (χ3v) is 3.73. The van der Waals surface area contributed by atoms with Crippen LogP contribution in [0.15, 0.2) is 0 Å². The molecular formula is C14H28N3O2+. The molecule has 1 aliphatic heterocycles. The first-order valence-corrected chi connectivity index (χ1v) is 7.34. The Hall–Kier alpha value is -1.10.